The van der Waals surface area contributed by atoms with Gasteiger partial charge in [-0.2, -0.15) is 0 Å². The minimum Gasteiger partial charge on any atom is -0.477 e. The zero-order valence-corrected chi connectivity index (χ0v) is 6.17. The Morgan fingerprint density at radius 3 is 2.42 bits per heavy atom. The van der Waals surface area contributed by atoms with Crippen molar-refractivity contribution in [3.63, 3.8) is 0 Å². The van der Waals surface area contributed by atoms with Crippen LogP contribution in [0.2, 0.25) is 0 Å². The molecule has 0 aromatic heterocycles. The predicted octanol–water partition coefficient (Wildman–Crippen LogP) is -2.10. The van der Waals surface area contributed by atoms with Crippen LogP contribution in [0.3, 0.4) is 0 Å². The molecule has 3 atom stereocenters. The second kappa shape index (κ2) is 2.98. The number of carboxylic acids is 1. The van der Waals surface area contributed by atoms with Gasteiger partial charge in [-0.1, -0.05) is 0 Å². The number of hydrogen-bond donors (Lipinski definition) is 4. The van der Waals surface area contributed by atoms with Gasteiger partial charge in [0.25, 0.3) is 5.79 Å². The smallest absolute Gasteiger partial charge is 0.364 e. The summed E-state index contributed by atoms with van der Waals surface area (Å²) in [5, 5.41) is 35.5. The molecule has 1 rings (SSSR count). The van der Waals surface area contributed by atoms with Gasteiger partial charge in [0.2, 0.25) is 0 Å². The van der Waals surface area contributed by atoms with E-state index in [-0.39, 0.29) is 6.61 Å². The van der Waals surface area contributed by atoms with Gasteiger partial charge in [0.15, 0.2) is 0 Å². The number of aliphatic carboxylic acids is 1. The summed E-state index contributed by atoms with van der Waals surface area (Å²) in [6.45, 7) is -0.385. The average Bonchev–Trinajstić information content (AvgIpc) is 1.97. The molecule has 12 heavy (non-hydrogen) atoms. The fourth-order valence-corrected chi connectivity index (χ4v) is 0.962. The molecule has 0 unspecified atom stereocenters. The number of hydrogen-bond acceptors (Lipinski definition) is 5. The van der Waals surface area contributed by atoms with Gasteiger partial charge in [0.1, 0.15) is 6.10 Å². The van der Waals surface area contributed by atoms with Crippen LogP contribution >= 0.6 is 0 Å². The fraction of sp³-hybridized carbons (Fsp3) is 0.833. The van der Waals surface area contributed by atoms with Gasteiger partial charge in [-0.15, -0.1) is 0 Å². The first-order valence-corrected chi connectivity index (χ1v) is 3.41. The molecule has 4 N–H and O–H groups in total. The Balaban J connectivity index is 2.66. The van der Waals surface area contributed by atoms with E-state index in [9.17, 15) is 4.79 Å². The van der Waals surface area contributed by atoms with Crippen LogP contribution in [0, 0.1) is 0 Å². The lowest BCUT2D eigenvalue weighted by Crippen LogP contribution is -2.53. The zero-order valence-electron chi connectivity index (χ0n) is 6.17. The first-order valence-electron chi connectivity index (χ1n) is 3.41. The van der Waals surface area contributed by atoms with E-state index in [4.69, 9.17) is 20.4 Å². The second-order valence-corrected chi connectivity index (χ2v) is 2.74. The Labute approximate surface area is 68.0 Å². The highest BCUT2D eigenvalue weighted by atomic mass is 16.7. The third-order valence-electron chi connectivity index (χ3n) is 1.76. The van der Waals surface area contributed by atoms with Crippen LogP contribution in [0.5, 0.6) is 0 Å². The van der Waals surface area contributed by atoms with Crippen molar-refractivity contribution in [1.29, 1.82) is 0 Å². The van der Waals surface area contributed by atoms with Crippen LogP contribution in [0.25, 0.3) is 0 Å². The third kappa shape index (κ3) is 1.56. The molecular formula is C6H10O6. The summed E-state index contributed by atoms with van der Waals surface area (Å²) >= 11 is 0. The molecule has 1 saturated heterocycles. The minimum absolute atomic E-state index is 0.385. The molecule has 6 heteroatoms. The normalized spacial score (nSPS) is 42.6. The van der Waals surface area contributed by atoms with Crippen molar-refractivity contribution >= 4 is 5.97 Å². The molecule has 1 fully saturated rings. The Hall–Kier alpha value is -0.690. The summed E-state index contributed by atoms with van der Waals surface area (Å²) in [4.78, 5) is 10.4. The van der Waals surface area contributed by atoms with Crippen molar-refractivity contribution in [2.24, 2.45) is 0 Å². The molecule has 0 radical (unpaired) electrons. The zero-order chi connectivity index (χ0) is 9.35. The average molecular weight is 178 g/mol. The highest BCUT2D eigenvalue weighted by molar-refractivity contribution is 5.75. The van der Waals surface area contributed by atoms with Gasteiger partial charge in [-0.3, -0.25) is 0 Å². The number of carbonyl (C=O) groups is 1. The monoisotopic (exact) mass is 178 g/mol. The maximum Gasteiger partial charge on any atom is 0.364 e. The Kier molecular flexibility index (Phi) is 2.34. The Morgan fingerprint density at radius 2 is 2.00 bits per heavy atom. The lowest BCUT2D eigenvalue weighted by Gasteiger charge is -2.33. The van der Waals surface area contributed by atoms with Crippen molar-refractivity contribution < 1.29 is 30.0 Å². The molecular weight excluding hydrogens is 168 g/mol. The Bertz CT molecular complexity index is 192. The van der Waals surface area contributed by atoms with Gasteiger partial charge >= 0.3 is 5.97 Å². The van der Waals surface area contributed by atoms with Gasteiger partial charge in [0.05, 0.1) is 12.7 Å². The molecule has 0 aromatic carbocycles. The quantitative estimate of drug-likeness (QED) is 0.366. The lowest BCUT2D eigenvalue weighted by atomic mass is 10.0. The summed E-state index contributed by atoms with van der Waals surface area (Å²) in [6, 6.07) is 0. The van der Waals surface area contributed by atoms with E-state index in [1.54, 1.807) is 0 Å². The first kappa shape index (κ1) is 9.40. The molecule has 70 valence electrons. The highest BCUT2D eigenvalue weighted by Gasteiger charge is 2.45. The van der Waals surface area contributed by atoms with Gasteiger partial charge in [-0.05, 0) is 0 Å². The van der Waals surface area contributed by atoms with Crippen molar-refractivity contribution in [2.45, 2.75) is 24.4 Å². The maximum atomic E-state index is 10.4. The number of carboxylic acid groups (broad SMARTS) is 1. The lowest BCUT2D eigenvalue weighted by molar-refractivity contribution is -0.267. The van der Waals surface area contributed by atoms with E-state index < -0.39 is 30.4 Å². The standard InChI is InChI=1S/C6H10O6/c7-3-1-6(11,5(9)10)12-2-4(3)8/h3-4,7-8,11H,1-2H2,(H,9,10)/t3-,4-,6+/m1/s1. The summed E-state index contributed by atoms with van der Waals surface area (Å²) in [7, 11) is 0. The second-order valence-electron chi connectivity index (χ2n) is 2.74. The summed E-state index contributed by atoms with van der Waals surface area (Å²) < 4.78 is 4.46. The van der Waals surface area contributed by atoms with Crippen LogP contribution in [-0.4, -0.2) is 51.0 Å². The maximum absolute atomic E-state index is 10.4. The van der Waals surface area contributed by atoms with E-state index in [0.717, 1.165) is 0 Å². The third-order valence-corrected chi connectivity index (χ3v) is 1.76. The highest BCUT2D eigenvalue weighted by Crippen LogP contribution is 2.22. The van der Waals surface area contributed by atoms with Crippen molar-refractivity contribution in [1.82, 2.24) is 0 Å². The molecule has 6 nitrogen and oxygen atoms in total. The summed E-state index contributed by atoms with van der Waals surface area (Å²) in [5.41, 5.74) is 0. The molecule has 1 aliphatic heterocycles. The molecule has 0 spiro atoms. The van der Waals surface area contributed by atoms with E-state index >= 15 is 0 Å². The van der Waals surface area contributed by atoms with Crippen LogP contribution in [-0.2, 0) is 9.53 Å². The predicted molar refractivity (Wildman–Crippen MR) is 35.2 cm³/mol. The molecule has 0 aromatic rings. The van der Waals surface area contributed by atoms with E-state index in [1.165, 1.54) is 0 Å². The number of ether oxygens (including phenoxy) is 1. The van der Waals surface area contributed by atoms with Crippen LogP contribution < -0.4 is 0 Å². The van der Waals surface area contributed by atoms with Crippen LogP contribution in [0.15, 0.2) is 0 Å². The largest absolute Gasteiger partial charge is 0.477 e. The topological polar surface area (TPSA) is 107 Å². The van der Waals surface area contributed by atoms with Crippen molar-refractivity contribution in [2.75, 3.05) is 6.61 Å². The first-order chi connectivity index (χ1) is 5.46. The van der Waals surface area contributed by atoms with E-state index in [1.807, 2.05) is 0 Å². The van der Waals surface area contributed by atoms with E-state index in [0.29, 0.717) is 0 Å². The van der Waals surface area contributed by atoms with E-state index in [2.05, 4.69) is 4.74 Å². The van der Waals surface area contributed by atoms with Crippen LogP contribution in [0.4, 0.5) is 0 Å². The van der Waals surface area contributed by atoms with Gasteiger partial charge in [0, 0.05) is 6.42 Å². The molecule has 1 aliphatic rings. The Morgan fingerprint density at radius 1 is 1.42 bits per heavy atom. The number of rotatable bonds is 1. The molecule has 0 saturated carbocycles. The summed E-state index contributed by atoms with van der Waals surface area (Å²) in [5.74, 6) is -3.92. The fourth-order valence-electron chi connectivity index (χ4n) is 0.962. The van der Waals surface area contributed by atoms with Crippen LogP contribution in [0.1, 0.15) is 6.42 Å². The SMILES string of the molecule is O=C(O)[C@]1(O)C[C@@H](O)[C@H](O)CO1. The van der Waals surface area contributed by atoms with Crippen molar-refractivity contribution in [3.05, 3.63) is 0 Å². The molecule has 1 heterocycles. The van der Waals surface area contributed by atoms with Gasteiger partial charge in [-0.25, -0.2) is 4.79 Å². The number of aliphatic hydroxyl groups excluding tert-OH is 2. The molecule has 0 amide bonds. The summed E-state index contributed by atoms with van der Waals surface area (Å²) in [6.07, 6.45) is -2.92. The van der Waals surface area contributed by atoms with Crippen molar-refractivity contribution in [3.8, 4) is 0 Å². The molecule has 0 bridgehead atoms. The number of aliphatic hydroxyl groups is 3. The molecule has 0 aliphatic carbocycles. The minimum atomic E-state index is -2.36. The van der Waals surface area contributed by atoms with Gasteiger partial charge < -0.3 is 25.2 Å².